The van der Waals surface area contributed by atoms with E-state index in [9.17, 15) is 4.39 Å². The maximum atomic E-state index is 13.3. The summed E-state index contributed by atoms with van der Waals surface area (Å²) in [6.45, 7) is 0. The summed E-state index contributed by atoms with van der Waals surface area (Å²) in [7, 11) is 0. The lowest BCUT2D eigenvalue weighted by Crippen LogP contribution is -2.02. The summed E-state index contributed by atoms with van der Waals surface area (Å²) in [5.41, 5.74) is 1.80. The number of halogens is 2. The van der Waals surface area contributed by atoms with Gasteiger partial charge < -0.3 is 5.32 Å². The third-order valence-electron chi connectivity index (χ3n) is 2.98. The van der Waals surface area contributed by atoms with Crippen LogP contribution in [0.4, 0.5) is 15.9 Å². The summed E-state index contributed by atoms with van der Waals surface area (Å²) >= 11 is 5.66. The van der Waals surface area contributed by atoms with Crippen molar-refractivity contribution in [3.63, 3.8) is 0 Å². The predicted octanol–water partition coefficient (Wildman–Crippen LogP) is 3.46. The molecule has 1 aromatic carbocycles. The van der Waals surface area contributed by atoms with Crippen LogP contribution in [0.25, 0.3) is 10.9 Å². The zero-order valence-electron chi connectivity index (χ0n) is 10.7. The van der Waals surface area contributed by atoms with Crippen LogP contribution in [-0.2, 0) is 0 Å². The van der Waals surface area contributed by atoms with E-state index < -0.39 is 5.82 Å². The quantitative estimate of drug-likeness (QED) is 0.737. The van der Waals surface area contributed by atoms with Crippen molar-refractivity contribution in [2.24, 2.45) is 0 Å². The van der Waals surface area contributed by atoms with E-state index >= 15 is 0 Å². The van der Waals surface area contributed by atoms with Crippen molar-refractivity contribution in [3.05, 3.63) is 59.1 Å². The molecule has 3 rings (SSSR count). The van der Waals surface area contributed by atoms with E-state index in [0.29, 0.717) is 0 Å². The summed E-state index contributed by atoms with van der Waals surface area (Å²) in [6, 6.07) is 12.4. The van der Waals surface area contributed by atoms with E-state index in [2.05, 4.69) is 15.3 Å². The number of aromatic nitrogens is 2. The van der Waals surface area contributed by atoms with E-state index in [1.807, 2.05) is 42.6 Å². The molecule has 3 aromatic rings. The molecule has 0 atom stereocenters. The number of nitrogens with one attached hydrogen (secondary N) is 2. The molecule has 0 unspecified atom stereocenters. The Labute approximate surface area is 124 Å². The van der Waals surface area contributed by atoms with Crippen LogP contribution in [0, 0.1) is 17.1 Å². The van der Waals surface area contributed by atoms with Gasteiger partial charge in [-0.1, -0.05) is 11.6 Å². The Hall–Kier alpha value is -2.71. The van der Waals surface area contributed by atoms with Gasteiger partial charge in [0, 0.05) is 23.2 Å². The number of anilines is 2. The van der Waals surface area contributed by atoms with Gasteiger partial charge in [-0.15, -0.1) is 0 Å². The molecule has 4 nitrogen and oxygen atoms in total. The van der Waals surface area contributed by atoms with Gasteiger partial charge in [-0.05, 0) is 24.3 Å². The topological polar surface area (TPSA) is 62.9 Å². The molecule has 0 saturated heterocycles. The minimum absolute atomic E-state index is 0.0941. The number of aromatic amines is 1. The molecule has 2 heterocycles. The Kier molecular flexibility index (Phi) is 3.38. The van der Waals surface area contributed by atoms with Crippen molar-refractivity contribution in [3.8, 4) is 6.07 Å². The van der Waals surface area contributed by atoms with E-state index in [1.54, 1.807) is 0 Å². The van der Waals surface area contributed by atoms with Crippen LogP contribution >= 0.6 is 11.6 Å². The first-order valence-electron chi connectivity index (χ1n) is 6.11. The smallest absolute Gasteiger partial charge is 0.210 e. The first-order chi connectivity index (χ1) is 10.2. The van der Waals surface area contributed by atoms with Crippen LogP contribution < -0.4 is 10.3 Å². The van der Waals surface area contributed by atoms with E-state index in [4.69, 9.17) is 16.9 Å². The van der Waals surface area contributed by atoms with Crippen LogP contribution in [0.5, 0.6) is 0 Å². The number of nitriles is 1. The minimum Gasteiger partial charge on any atom is -0.339 e. The number of H-pyrrole nitrogens is 1. The summed E-state index contributed by atoms with van der Waals surface area (Å²) in [5.74, 6) is -0.491. The fraction of sp³-hybridized carbons (Fsp3) is 0. The van der Waals surface area contributed by atoms with Crippen molar-refractivity contribution in [1.82, 2.24) is 4.98 Å². The highest BCUT2D eigenvalue weighted by Crippen LogP contribution is 2.24. The number of hydrogen-bond donors (Lipinski definition) is 1. The molecule has 0 aliphatic carbocycles. The van der Waals surface area contributed by atoms with Crippen LogP contribution in [0.15, 0.2) is 42.6 Å². The molecule has 0 bridgehead atoms. The molecule has 0 aliphatic rings. The van der Waals surface area contributed by atoms with Crippen LogP contribution in [0.3, 0.4) is 0 Å². The highest BCUT2D eigenvalue weighted by Gasteiger charge is 2.11. The lowest BCUT2D eigenvalue weighted by Gasteiger charge is -2.08. The maximum Gasteiger partial charge on any atom is 0.210 e. The monoisotopic (exact) mass is 299 g/mol. The normalized spacial score (nSPS) is 10.3. The zero-order valence-corrected chi connectivity index (χ0v) is 11.4. The summed E-state index contributed by atoms with van der Waals surface area (Å²) in [5, 5.41) is 12.7. The molecule has 0 amide bonds. The van der Waals surface area contributed by atoms with Crippen molar-refractivity contribution >= 4 is 34.0 Å². The van der Waals surface area contributed by atoms with Crippen molar-refractivity contribution in [1.29, 1.82) is 5.26 Å². The van der Waals surface area contributed by atoms with Gasteiger partial charge in [-0.3, -0.25) is 0 Å². The molecule has 6 heteroatoms. The SMILES string of the molecule is N#Cc1cc(F)c(Cl)nc1Nc1ccc2[nH+]cccc2c1. The average Bonchev–Trinajstić information content (AvgIpc) is 2.50. The molecule has 0 saturated carbocycles. The minimum atomic E-state index is -0.716. The first kappa shape index (κ1) is 13.3. The van der Waals surface area contributed by atoms with Crippen LogP contribution in [0.2, 0.25) is 5.15 Å². The molecule has 102 valence electrons. The number of nitrogens with zero attached hydrogens (tertiary/aromatic N) is 2. The van der Waals surface area contributed by atoms with Gasteiger partial charge >= 0.3 is 0 Å². The molecule has 2 aromatic heterocycles. The molecule has 0 radical (unpaired) electrons. The average molecular weight is 300 g/mol. The number of hydrogen-bond acceptors (Lipinski definition) is 3. The van der Waals surface area contributed by atoms with Gasteiger partial charge in [-0.25, -0.2) is 14.4 Å². The Morgan fingerprint density at radius 2 is 2.14 bits per heavy atom. The van der Waals surface area contributed by atoms with Crippen LogP contribution in [-0.4, -0.2) is 4.98 Å². The van der Waals surface area contributed by atoms with Gasteiger partial charge in [0.1, 0.15) is 11.9 Å². The van der Waals surface area contributed by atoms with Gasteiger partial charge in [0.15, 0.2) is 17.2 Å². The Morgan fingerprint density at radius 3 is 2.95 bits per heavy atom. The molecule has 2 N–H and O–H groups in total. The number of benzene rings is 1. The highest BCUT2D eigenvalue weighted by atomic mass is 35.5. The lowest BCUT2D eigenvalue weighted by atomic mass is 10.2. The molecule has 21 heavy (non-hydrogen) atoms. The van der Waals surface area contributed by atoms with Crippen molar-refractivity contribution in [2.75, 3.05) is 5.32 Å². The Morgan fingerprint density at radius 1 is 1.29 bits per heavy atom. The number of fused-ring (bicyclic) bond motifs is 1. The van der Waals surface area contributed by atoms with E-state index in [1.165, 1.54) is 0 Å². The summed E-state index contributed by atoms with van der Waals surface area (Å²) in [4.78, 5) is 6.98. The highest BCUT2D eigenvalue weighted by molar-refractivity contribution is 6.29. The van der Waals surface area contributed by atoms with E-state index in [0.717, 1.165) is 22.7 Å². The van der Waals surface area contributed by atoms with Crippen molar-refractivity contribution < 1.29 is 9.37 Å². The first-order valence-corrected chi connectivity index (χ1v) is 6.49. The van der Waals surface area contributed by atoms with Gasteiger partial charge in [0.2, 0.25) is 5.52 Å². The second-order valence-corrected chi connectivity index (χ2v) is 4.72. The van der Waals surface area contributed by atoms with Gasteiger partial charge in [0.05, 0.1) is 5.56 Å². The third kappa shape index (κ3) is 2.62. The van der Waals surface area contributed by atoms with Gasteiger partial charge in [-0.2, -0.15) is 5.26 Å². The van der Waals surface area contributed by atoms with Crippen molar-refractivity contribution in [2.45, 2.75) is 0 Å². The maximum absolute atomic E-state index is 13.3. The van der Waals surface area contributed by atoms with E-state index in [-0.39, 0.29) is 16.5 Å². The fourth-order valence-corrected chi connectivity index (χ4v) is 2.12. The molecular weight excluding hydrogens is 291 g/mol. The molecular formula is C15H9ClFN4+. The fourth-order valence-electron chi connectivity index (χ4n) is 1.98. The largest absolute Gasteiger partial charge is 0.339 e. The number of pyridine rings is 2. The van der Waals surface area contributed by atoms with Gasteiger partial charge in [0.25, 0.3) is 0 Å². The third-order valence-corrected chi connectivity index (χ3v) is 3.24. The summed E-state index contributed by atoms with van der Waals surface area (Å²) < 4.78 is 13.3. The van der Waals surface area contributed by atoms with Crippen LogP contribution in [0.1, 0.15) is 5.56 Å². The second kappa shape index (κ2) is 5.35. The predicted molar refractivity (Wildman–Crippen MR) is 77.7 cm³/mol. The lowest BCUT2D eigenvalue weighted by molar-refractivity contribution is -0.344. The Balaban J connectivity index is 2.02. The molecule has 0 fully saturated rings. The summed E-state index contributed by atoms with van der Waals surface area (Å²) in [6.07, 6.45) is 1.84. The molecule has 0 spiro atoms. The standard InChI is InChI=1S/C15H8ClFN4/c16-14-12(17)7-10(8-18)15(21-14)20-11-3-4-13-9(6-11)2-1-5-19-13/h1-7H,(H,20,21)/p+1. The molecule has 0 aliphatic heterocycles. The zero-order chi connectivity index (χ0) is 14.8. The Bertz CT molecular complexity index is 873. The number of rotatable bonds is 2. The second-order valence-electron chi connectivity index (χ2n) is 4.37.